The maximum atomic E-state index is 11.7. The molecule has 98 valence electrons. The number of aromatic amines is 2. The van der Waals surface area contributed by atoms with Crippen LogP contribution in [-0.4, -0.2) is 31.7 Å². The highest BCUT2D eigenvalue weighted by Crippen LogP contribution is 2.15. The van der Waals surface area contributed by atoms with E-state index in [1.54, 1.807) is 4.57 Å². The lowest BCUT2D eigenvalue weighted by Crippen LogP contribution is -2.32. The third-order valence-electron chi connectivity index (χ3n) is 2.64. The van der Waals surface area contributed by atoms with E-state index in [2.05, 4.69) is 15.0 Å². The Labute approximate surface area is 109 Å². The first-order valence-corrected chi connectivity index (χ1v) is 6.15. The molecule has 0 aliphatic carbocycles. The van der Waals surface area contributed by atoms with Gasteiger partial charge in [-0.3, -0.25) is 14.3 Å². The van der Waals surface area contributed by atoms with Crippen LogP contribution >= 0.6 is 12.2 Å². The number of rotatable bonds is 4. The highest BCUT2D eigenvalue weighted by atomic mass is 32.1. The Bertz CT molecular complexity index is 667. The summed E-state index contributed by atoms with van der Waals surface area (Å²) >= 11 is 5.18. The van der Waals surface area contributed by atoms with Gasteiger partial charge in [0.15, 0.2) is 10.4 Å². The highest BCUT2D eigenvalue weighted by molar-refractivity contribution is 7.71. The molecule has 0 amide bonds. The number of imidazole rings is 1. The minimum atomic E-state index is -0.378. The first-order valence-electron chi connectivity index (χ1n) is 5.75. The lowest BCUT2D eigenvalue weighted by molar-refractivity contribution is -0.0221. The first-order chi connectivity index (χ1) is 8.44. The van der Waals surface area contributed by atoms with Gasteiger partial charge in [-0.1, -0.05) is 0 Å². The molecule has 2 N–H and O–H groups in total. The molecule has 6 nitrogen and oxygen atoms in total. The maximum absolute atomic E-state index is 11.7. The zero-order chi connectivity index (χ0) is 13.3. The summed E-state index contributed by atoms with van der Waals surface area (Å²) < 4.78 is 7.78. The van der Waals surface area contributed by atoms with E-state index in [1.807, 2.05) is 20.8 Å². The third-order valence-corrected chi connectivity index (χ3v) is 2.96. The molecule has 0 atom stereocenters. The number of aromatic nitrogens is 4. The summed E-state index contributed by atoms with van der Waals surface area (Å²) in [6.45, 7) is 7.03. The molecular weight excluding hydrogens is 252 g/mol. The molecule has 2 heterocycles. The normalized spacial score (nSPS) is 12.2. The minimum Gasteiger partial charge on any atom is -0.374 e. The van der Waals surface area contributed by atoms with Crippen molar-refractivity contribution >= 4 is 23.4 Å². The Kier molecular flexibility index (Phi) is 3.36. The van der Waals surface area contributed by atoms with Crippen LogP contribution in [0.25, 0.3) is 11.2 Å². The van der Waals surface area contributed by atoms with Crippen LogP contribution in [0.5, 0.6) is 0 Å². The van der Waals surface area contributed by atoms with E-state index in [0.29, 0.717) is 29.1 Å². The summed E-state index contributed by atoms with van der Waals surface area (Å²) in [4.78, 5) is 21.3. The Morgan fingerprint density at radius 1 is 1.56 bits per heavy atom. The summed E-state index contributed by atoms with van der Waals surface area (Å²) in [6.07, 6.45) is 1.48. The highest BCUT2D eigenvalue weighted by Gasteiger charge is 2.20. The Hall–Kier alpha value is -1.47. The lowest BCUT2D eigenvalue weighted by atomic mass is 10.1. The topological polar surface area (TPSA) is 75.7 Å². The predicted molar refractivity (Wildman–Crippen MR) is 71.2 cm³/mol. The smallest absolute Gasteiger partial charge is 0.277 e. The molecule has 0 aliphatic rings. The number of hydrogen-bond donors (Lipinski definition) is 2. The van der Waals surface area contributed by atoms with E-state index >= 15 is 0 Å². The molecule has 0 saturated heterocycles. The largest absolute Gasteiger partial charge is 0.374 e. The van der Waals surface area contributed by atoms with Gasteiger partial charge >= 0.3 is 0 Å². The van der Waals surface area contributed by atoms with Crippen LogP contribution in [0, 0.1) is 4.77 Å². The molecule has 2 rings (SSSR count). The number of H-pyrrole nitrogens is 2. The van der Waals surface area contributed by atoms with Crippen molar-refractivity contribution in [1.82, 2.24) is 19.5 Å². The molecule has 0 saturated carbocycles. The van der Waals surface area contributed by atoms with E-state index in [4.69, 9.17) is 17.0 Å². The quantitative estimate of drug-likeness (QED) is 0.826. The average molecular weight is 268 g/mol. The number of ether oxygens (including phenoxy) is 1. The molecule has 2 aromatic rings. The van der Waals surface area contributed by atoms with Gasteiger partial charge in [-0.25, -0.2) is 4.98 Å². The summed E-state index contributed by atoms with van der Waals surface area (Å²) in [5.74, 6) is 0. The van der Waals surface area contributed by atoms with Crippen molar-refractivity contribution < 1.29 is 4.74 Å². The van der Waals surface area contributed by atoms with Crippen LogP contribution in [0.3, 0.4) is 0 Å². The number of fused-ring (bicyclic) bond motifs is 1. The Morgan fingerprint density at radius 3 is 2.94 bits per heavy atom. The van der Waals surface area contributed by atoms with E-state index in [-0.39, 0.29) is 11.2 Å². The zero-order valence-electron chi connectivity index (χ0n) is 10.6. The zero-order valence-corrected chi connectivity index (χ0v) is 11.4. The van der Waals surface area contributed by atoms with Gasteiger partial charge in [0.05, 0.1) is 18.5 Å². The van der Waals surface area contributed by atoms with Crippen molar-refractivity contribution in [2.45, 2.75) is 32.9 Å². The summed E-state index contributed by atoms with van der Waals surface area (Å²) in [5.41, 5.74) is 0.349. The van der Waals surface area contributed by atoms with Gasteiger partial charge in [-0.2, -0.15) is 0 Å². The maximum Gasteiger partial charge on any atom is 0.277 e. The predicted octanol–water partition coefficient (Wildman–Crippen LogP) is 1.60. The molecule has 2 aromatic heterocycles. The molecule has 0 unspecified atom stereocenters. The summed E-state index contributed by atoms with van der Waals surface area (Å²) in [6, 6.07) is 0. The molecule has 0 bridgehead atoms. The lowest BCUT2D eigenvalue weighted by Gasteiger charge is -2.25. The van der Waals surface area contributed by atoms with Gasteiger partial charge in [-0.05, 0) is 33.0 Å². The van der Waals surface area contributed by atoms with Gasteiger partial charge < -0.3 is 9.72 Å². The van der Waals surface area contributed by atoms with Crippen molar-refractivity contribution in [3.8, 4) is 0 Å². The molecule has 7 heteroatoms. The molecule has 0 fully saturated rings. The van der Waals surface area contributed by atoms with Gasteiger partial charge in [0.2, 0.25) is 0 Å². The van der Waals surface area contributed by atoms with E-state index in [9.17, 15) is 4.79 Å². The molecule has 18 heavy (non-hydrogen) atoms. The Morgan fingerprint density at radius 2 is 2.28 bits per heavy atom. The molecule has 0 radical (unpaired) electrons. The van der Waals surface area contributed by atoms with Gasteiger partial charge in [0.25, 0.3) is 5.56 Å². The van der Waals surface area contributed by atoms with E-state index in [1.165, 1.54) is 6.33 Å². The van der Waals surface area contributed by atoms with Crippen LogP contribution in [0.1, 0.15) is 20.8 Å². The van der Waals surface area contributed by atoms with Crippen molar-refractivity contribution in [2.75, 3.05) is 6.61 Å². The number of hydrogen-bond acceptors (Lipinski definition) is 4. The number of nitrogens with zero attached hydrogens (tertiary/aromatic N) is 2. The van der Waals surface area contributed by atoms with Crippen LogP contribution in [0.4, 0.5) is 0 Å². The molecule has 0 spiro atoms. The van der Waals surface area contributed by atoms with E-state index < -0.39 is 0 Å². The number of nitrogens with one attached hydrogen (secondary N) is 2. The van der Waals surface area contributed by atoms with E-state index in [0.717, 1.165) is 0 Å². The van der Waals surface area contributed by atoms with Crippen LogP contribution in [0.15, 0.2) is 11.1 Å². The van der Waals surface area contributed by atoms with Crippen molar-refractivity contribution in [3.63, 3.8) is 0 Å². The standard InChI is InChI=1S/C11H16N4O2S/c1-4-17-11(2,3)5-15-8-7(12-6-13-8)9(16)14-10(15)18/h6H,4-5H2,1-3H3,(H,12,13)(H,14,16,18). The first kappa shape index (κ1) is 13.0. The summed E-state index contributed by atoms with van der Waals surface area (Å²) in [7, 11) is 0. The minimum absolute atomic E-state index is 0.252. The third kappa shape index (κ3) is 2.37. The van der Waals surface area contributed by atoms with Crippen molar-refractivity contribution in [1.29, 1.82) is 0 Å². The van der Waals surface area contributed by atoms with Crippen LogP contribution < -0.4 is 5.56 Å². The van der Waals surface area contributed by atoms with Crippen molar-refractivity contribution in [3.05, 3.63) is 21.5 Å². The van der Waals surface area contributed by atoms with Crippen molar-refractivity contribution in [2.24, 2.45) is 0 Å². The fourth-order valence-corrected chi connectivity index (χ4v) is 2.19. The Balaban J connectivity index is 2.54. The second-order valence-electron chi connectivity index (χ2n) is 4.64. The second-order valence-corrected chi connectivity index (χ2v) is 5.03. The molecule has 0 aromatic carbocycles. The average Bonchev–Trinajstić information content (AvgIpc) is 2.73. The van der Waals surface area contributed by atoms with Crippen LogP contribution in [-0.2, 0) is 11.3 Å². The second kappa shape index (κ2) is 4.66. The SMILES string of the molecule is CCOC(C)(C)Cn1c(=S)[nH]c(=O)c2[nH]cnc21. The monoisotopic (exact) mass is 268 g/mol. The molecular formula is C11H16N4O2S. The van der Waals surface area contributed by atoms with Gasteiger partial charge in [0, 0.05) is 6.61 Å². The van der Waals surface area contributed by atoms with Gasteiger partial charge in [0.1, 0.15) is 5.52 Å². The van der Waals surface area contributed by atoms with Gasteiger partial charge in [-0.15, -0.1) is 0 Å². The summed E-state index contributed by atoms with van der Waals surface area (Å²) in [5, 5.41) is 0. The van der Waals surface area contributed by atoms with Crippen LogP contribution in [0.2, 0.25) is 0 Å². The molecule has 0 aliphatic heterocycles. The fourth-order valence-electron chi connectivity index (χ4n) is 1.95. The fraction of sp³-hybridized carbons (Fsp3) is 0.545.